The van der Waals surface area contributed by atoms with Gasteiger partial charge >= 0.3 is 0 Å². The summed E-state index contributed by atoms with van der Waals surface area (Å²) in [5.41, 5.74) is 2.19. The highest BCUT2D eigenvalue weighted by molar-refractivity contribution is 5.92. The highest BCUT2D eigenvalue weighted by Crippen LogP contribution is 2.20. The lowest BCUT2D eigenvalue weighted by molar-refractivity contribution is 0.0946. The zero-order valence-corrected chi connectivity index (χ0v) is 14.3. The number of carbonyl (C=O) groups excluding carboxylic acids is 1. The van der Waals surface area contributed by atoms with E-state index in [0.717, 1.165) is 11.3 Å². The molecule has 0 bridgehead atoms. The van der Waals surface area contributed by atoms with Crippen molar-refractivity contribution in [3.05, 3.63) is 59.7 Å². The van der Waals surface area contributed by atoms with Crippen LogP contribution in [0, 0.1) is 5.82 Å². The van der Waals surface area contributed by atoms with Gasteiger partial charge in [0.15, 0.2) is 0 Å². The summed E-state index contributed by atoms with van der Waals surface area (Å²) in [5.74, 6) is -0.515. The van der Waals surface area contributed by atoms with Gasteiger partial charge in [-0.15, -0.1) is 0 Å². The first-order valence-corrected chi connectivity index (χ1v) is 8.96. The largest absolute Gasteiger partial charge is 0.381 e. The molecule has 25 heavy (non-hydrogen) atoms. The van der Waals surface area contributed by atoms with Crippen molar-refractivity contribution in [3.8, 4) is 0 Å². The van der Waals surface area contributed by atoms with Crippen LogP contribution in [0.15, 0.2) is 42.6 Å². The third kappa shape index (κ3) is 5.28. The number of hydrogen-bond donors (Lipinski definition) is 2. The number of rotatable bonds is 5. The highest BCUT2D eigenvalue weighted by atomic mass is 19.1. The molecule has 1 aliphatic carbocycles. The van der Waals surface area contributed by atoms with Crippen LogP contribution >= 0.6 is 0 Å². The molecule has 0 spiro atoms. The molecule has 0 unspecified atom stereocenters. The fourth-order valence-corrected chi connectivity index (χ4v) is 3.15. The average molecular weight is 341 g/mol. The van der Waals surface area contributed by atoms with Crippen molar-refractivity contribution in [2.24, 2.45) is 0 Å². The van der Waals surface area contributed by atoms with Gasteiger partial charge in [0.2, 0.25) is 0 Å². The fourth-order valence-electron chi connectivity index (χ4n) is 3.15. The third-order valence-corrected chi connectivity index (χ3v) is 4.59. The van der Waals surface area contributed by atoms with Crippen molar-refractivity contribution in [2.45, 2.75) is 51.1 Å². The molecular formula is C20H24FN3O. The van der Waals surface area contributed by atoms with E-state index in [1.807, 2.05) is 6.07 Å². The van der Waals surface area contributed by atoms with E-state index in [0.29, 0.717) is 18.3 Å². The first-order chi connectivity index (χ1) is 12.2. The molecule has 0 radical (unpaired) electrons. The Bertz CT molecular complexity index is 677. The lowest BCUT2D eigenvalue weighted by Gasteiger charge is -2.17. The Balaban J connectivity index is 1.52. The second-order valence-corrected chi connectivity index (χ2v) is 6.57. The SMILES string of the molecule is O=C(NCc1ccc(F)cc1)c1ccc(NC2CCCCCC2)cn1. The molecule has 1 amide bonds. The van der Waals surface area contributed by atoms with Crippen LogP contribution in [0.5, 0.6) is 0 Å². The second-order valence-electron chi connectivity index (χ2n) is 6.57. The van der Waals surface area contributed by atoms with Crippen molar-refractivity contribution in [3.63, 3.8) is 0 Å². The minimum atomic E-state index is -0.284. The van der Waals surface area contributed by atoms with Crippen LogP contribution in [0.2, 0.25) is 0 Å². The number of nitrogens with zero attached hydrogens (tertiary/aromatic N) is 1. The van der Waals surface area contributed by atoms with Crippen molar-refractivity contribution >= 4 is 11.6 Å². The zero-order valence-electron chi connectivity index (χ0n) is 14.3. The Kier molecular flexibility index (Phi) is 5.99. The maximum atomic E-state index is 12.9. The van der Waals surface area contributed by atoms with Crippen molar-refractivity contribution < 1.29 is 9.18 Å². The van der Waals surface area contributed by atoms with Gasteiger partial charge in [0.1, 0.15) is 11.5 Å². The van der Waals surface area contributed by atoms with E-state index in [1.54, 1.807) is 24.4 Å². The molecule has 0 saturated heterocycles. The van der Waals surface area contributed by atoms with Gasteiger partial charge in [0.25, 0.3) is 5.91 Å². The molecule has 1 heterocycles. The molecule has 1 fully saturated rings. The summed E-state index contributed by atoms with van der Waals surface area (Å²) < 4.78 is 12.9. The van der Waals surface area contributed by atoms with Gasteiger partial charge in [0, 0.05) is 12.6 Å². The zero-order chi connectivity index (χ0) is 17.5. The molecule has 2 aromatic rings. The Hall–Kier alpha value is -2.43. The van der Waals surface area contributed by atoms with Crippen LogP contribution in [0.1, 0.15) is 54.6 Å². The van der Waals surface area contributed by atoms with Crippen LogP contribution in [-0.2, 0) is 6.54 Å². The molecule has 2 N–H and O–H groups in total. The lowest BCUT2D eigenvalue weighted by atomic mass is 10.1. The standard InChI is InChI=1S/C20H24FN3O/c21-16-9-7-15(8-10-16)13-23-20(25)19-12-11-18(14-22-19)24-17-5-3-1-2-4-6-17/h7-12,14,17,24H,1-6,13H2,(H,23,25). The van der Waals surface area contributed by atoms with E-state index in [9.17, 15) is 9.18 Å². The van der Waals surface area contributed by atoms with Gasteiger partial charge in [0.05, 0.1) is 11.9 Å². The Morgan fingerprint density at radius 1 is 1.04 bits per heavy atom. The molecule has 4 nitrogen and oxygen atoms in total. The topological polar surface area (TPSA) is 54.0 Å². The molecule has 1 aromatic carbocycles. The molecule has 1 saturated carbocycles. The molecule has 3 rings (SSSR count). The van der Waals surface area contributed by atoms with Crippen molar-refractivity contribution in [1.29, 1.82) is 0 Å². The van der Waals surface area contributed by atoms with E-state index in [1.165, 1.54) is 50.7 Å². The first kappa shape index (κ1) is 17.4. The summed E-state index contributed by atoms with van der Waals surface area (Å²) >= 11 is 0. The number of carbonyl (C=O) groups is 1. The number of halogens is 1. The van der Waals surface area contributed by atoms with Crippen LogP contribution in [0.3, 0.4) is 0 Å². The van der Waals surface area contributed by atoms with Crippen LogP contribution in [0.4, 0.5) is 10.1 Å². The maximum absolute atomic E-state index is 12.9. The first-order valence-electron chi connectivity index (χ1n) is 8.96. The number of pyridine rings is 1. The van der Waals surface area contributed by atoms with E-state index in [-0.39, 0.29) is 11.7 Å². The maximum Gasteiger partial charge on any atom is 0.270 e. The third-order valence-electron chi connectivity index (χ3n) is 4.59. The van der Waals surface area contributed by atoms with E-state index in [4.69, 9.17) is 0 Å². The van der Waals surface area contributed by atoms with Crippen molar-refractivity contribution in [2.75, 3.05) is 5.32 Å². The van der Waals surface area contributed by atoms with Crippen LogP contribution in [0.25, 0.3) is 0 Å². The van der Waals surface area contributed by atoms with Gasteiger partial charge in [-0.2, -0.15) is 0 Å². The Labute approximate surface area is 147 Å². The summed E-state index contributed by atoms with van der Waals surface area (Å²) in [7, 11) is 0. The predicted molar refractivity (Wildman–Crippen MR) is 96.9 cm³/mol. The molecule has 0 aliphatic heterocycles. The van der Waals surface area contributed by atoms with Gasteiger partial charge in [-0.05, 0) is 42.7 Å². The van der Waals surface area contributed by atoms with Gasteiger partial charge in [-0.1, -0.05) is 37.8 Å². The summed E-state index contributed by atoms with van der Waals surface area (Å²) in [4.78, 5) is 16.4. The number of amides is 1. The summed E-state index contributed by atoms with van der Waals surface area (Å²) in [6.07, 6.45) is 9.30. The fraction of sp³-hybridized carbons (Fsp3) is 0.400. The van der Waals surface area contributed by atoms with E-state index >= 15 is 0 Å². The normalized spacial score (nSPS) is 15.4. The van der Waals surface area contributed by atoms with Crippen molar-refractivity contribution in [1.82, 2.24) is 10.3 Å². The molecule has 1 aromatic heterocycles. The smallest absolute Gasteiger partial charge is 0.270 e. The Morgan fingerprint density at radius 2 is 1.76 bits per heavy atom. The minimum absolute atomic E-state index is 0.231. The highest BCUT2D eigenvalue weighted by Gasteiger charge is 2.12. The van der Waals surface area contributed by atoms with Crippen LogP contribution < -0.4 is 10.6 Å². The average Bonchev–Trinajstić information content (AvgIpc) is 2.90. The number of anilines is 1. The van der Waals surface area contributed by atoms with E-state index in [2.05, 4.69) is 15.6 Å². The summed E-state index contributed by atoms with van der Waals surface area (Å²) in [6.45, 7) is 0.350. The number of hydrogen-bond acceptors (Lipinski definition) is 3. The second kappa shape index (κ2) is 8.60. The van der Waals surface area contributed by atoms with Gasteiger partial charge in [-0.25, -0.2) is 9.37 Å². The minimum Gasteiger partial charge on any atom is -0.381 e. The number of benzene rings is 1. The van der Waals surface area contributed by atoms with Gasteiger partial charge in [-0.3, -0.25) is 4.79 Å². The van der Waals surface area contributed by atoms with Gasteiger partial charge < -0.3 is 10.6 Å². The summed E-state index contributed by atoms with van der Waals surface area (Å²) in [6, 6.07) is 10.2. The molecule has 132 valence electrons. The van der Waals surface area contributed by atoms with E-state index < -0.39 is 0 Å². The van der Waals surface area contributed by atoms with Crippen LogP contribution in [-0.4, -0.2) is 16.9 Å². The number of aromatic nitrogens is 1. The summed E-state index contributed by atoms with van der Waals surface area (Å²) in [5, 5.41) is 6.32. The molecular weight excluding hydrogens is 317 g/mol. The molecule has 0 atom stereocenters. The monoisotopic (exact) mass is 341 g/mol. The number of nitrogens with one attached hydrogen (secondary N) is 2. The molecule has 1 aliphatic rings. The Morgan fingerprint density at radius 3 is 2.40 bits per heavy atom. The molecule has 5 heteroatoms. The lowest BCUT2D eigenvalue weighted by Crippen LogP contribution is -2.24. The predicted octanol–water partition coefficient (Wildman–Crippen LogP) is 4.29. The quantitative estimate of drug-likeness (QED) is 0.798.